The minimum absolute atomic E-state index is 0.150. The van der Waals surface area contributed by atoms with Crippen LogP contribution >= 0.6 is 11.8 Å². The molecular formula is C28H31N3S. The van der Waals surface area contributed by atoms with Crippen molar-refractivity contribution in [2.24, 2.45) is 0 Å². The van der Waals surface area contributed by atoms with Crippen molar-refractivity contribution in [1.82, 2.24) is 14.8 Å². The van der Waals surface area contributed by atoms with Crippen molar-refractivity contribution in [3.8, 4) is 11.4 Å². The highest BCUT2D eigenvalue weighted by Crippen LogP contribution is 2.38. The van der Waals surface area contributed by atoms with E-state index in [0.29, 0.717) is 6.04 Å². The van der Waals surface area contributed by atoms with Gasteiger partial charge in [-0.15, -0.1) is 10.2 Å². The van der Waals surface area contributed by atoms with E-state index in [-0.39, 0.29) is 5.41 Å². The van der Waals surface area contributed by atoms with Gasteiger partial charge in [0.05, 0.1) is 0 Å². The molecule has 1 aliphatic carbocycles. The van der Waals surface area contributed by atoms with Crippen molar-refractivity contribution in [1.29, 1.82) is 0 Å². The summed E-state index contributed by atoms with van der Waals surface area (Å²) in [4.78, 5) is 0. The molecule has 4 aromatic rings. The summed E-state index contributed by atoms with van der Waals surface area (Å²) in [6.07, 6.45) is 5.01. The van der Waals surface area contributed by atoms with Gasteiger partial charge in [-0.2, -0.15) is 0 Å². The maximum atomic E-state index is 4.69. The van der Waals surface area contributed by atoms with Crippen LogP contribution < -0.4 is 0 Å². The fourth-order valence-corrected chi connectivity index (χ4v) is 5.75. The molecule has 1 fully saturated rings. The fraction of sp³-hybridized carbons (Fsp3) is 0.357. The van der Waals surface area contributed by atoms with E-state index in [0.717, 1.165) is 22.3 Å². The Morgan fingerprint density at radius 1 is 0.875 bits per heavy atom. The van der Waals surface area contributed by atoms with Gasteiger partial charge in [-0.05, 0) is 40.2 Å². The van der Waals surface area contributed by atoms with Gasteiger partial charge in [-0.1, -0.05) is 112 Å². The lowest BCUT2D eigenvalue weighted by atomic mass is 9.86. The second-order valence-corrected chi connectivity index (χ2v) is 10.8. The molecule has 5 rings (SSSR count). The Balaban J connectivity index is 1.47. The Hall–Kier alpha value is -2.59. The standard InChI is InChI=1S/C28H31N3S/c1-28(2,3)23-17-15-21(16-18-23)26-29-30-27(31(26)24-12-5-6-13-24)32-19-22-11-8-10-20-9-4-7-14-25(20)22/h4,7-11,14-18,24H,5-6,12-13,19H2,1-3H3. The van der Waals surface area contributed by atoms with E-state index in [1.54, 1.807) is 0 Å². The number of thioether (sulfide) groups is 1. The molecule has 0 amide bonds. The largest absolute Gasteiger partial charge is 0.299 e. The van der Waals surface area contributed by atoms with Crippen molar-refractivity contribution < 1.29 is 0 Å². The Morgan fingerprint density at radius 2 is 1.59 bits per heavy atom. The lowest BCUT2D eigenvalue weighted by Crippen LogP contribution is -2.11. The molecule has 164 valence electrons. The first-order valence-corrected chi connectivity index (χ1v) is 12.6. The molecule has 32 heavy (non-hydrogen) atoms. The molecule has 0 spiro atoms. The van der Waals surface area contributed by atoms with E-state index >= 15 is 0 Å². The molecule has 0 aliphatic heterocycles. The van der Waals surface area contributed by atoms with Crippen LogP contribution in [0.5, 0.6) is 0 Å². The van der Waals surface area contributed by atoms with Gasteiger partial charge in [-0.25, -0.2) is 0 Å². The number of aromatic nitrogens is 3. The fourth-order valence-electron chi connectivity index (χ4n) is 4.74. The monoisotopic (exact) mass is 441 g/mol. The molecule has 1 heterocycles. The van der Waals surface area contributed by atoms with Gasteiger partial charge >= 0.3 is 0 Å². The summed E-state index contributed by atoms with van der Waals surface area (Å²) in [6, 6.07) is 24.6. The molecule has 0 bridgehead atoms. The van der Waals surface area contributed by atoms with E-state index in [4.69, 9.17) is 0 Å². The molecule has 3 aromatic carbocycles. The van der Waals surface area contributed by atoms with Crippen LogP contribution in [0.15, 0.2) is 71.9 Å². The average molecular weight is 442 g/mol. The molecule has 1 aliphatic rings. The van der Waals surface area contributed by atoms with E-state index < -0.39 is 0 Å². The lowest BCUT2D eigenvalue weighted by Gasteiger charge is -2.20. The first-order valence-electron chi connectivity index (χ1n) is 11.7. The third kappa shape index (κ3) is 4.21. The van der Waals surface area contributed by atoms with Gasteiger partial charge in [0.25, 0.3) is 0 Å². The first kappa shape index (κ1) is 21.3. The molecule has 0 unspecified atom stereocenters. The minimum Gasteiger partial charge on any atom is -0.299 e. The SMILES string of the molecule is CC(C)(C)c1ccc(-c2nnc(SCc3cccc4ccccc34)n2C2CCCC2)cc1. The van der Waals surface area contributed by atoms with E-state index in [1.165, 1.54) is 47.6 Å². The van der Waals surface area contributed by atoms with Crippen molar-refractivity contribution >= 4 is 22.5 Å². The second kappa shape index (κ2) is 8.74. The highest BCUT2D eigenvalue weighted by molar-refractivity contribution is 7.98. The quantitative estimate of drug-likeness (QED) is 0.296. The lowest BCUT2D eigenvalue weighted by molar-refractivity contribution is 0.485. The molecule has 3 nitrogen and oxygen atoms in total. The summed E-state index contributed by atoms with van der Waals surface area (Å²) < 4.78 is 2.43. The number of hydrogen-bond acceptors (Lipinski definition) is 3. The van der Waals surface area contributed by atoms with E-state index in [1.807, 2.05) is 11.8 Å². The van der Waals surface area contributed by atoms with Gasteiger partial charge in [0.15, 0.2) is 11.0 Å². The second-order valence-electron chi connectivity index (χ2n) is 9.87. The maximum absolute atomic E-state index is 4.69. The van der Waals surface area contributed by atoms with E-state index in [9.17, 15) is 0 Å². The highest BCUT2D eigenvalue weighted by atomic mass is 32.2. The zero-order chi connectivity index (χ0) is 22.1. The topological polar surface area (TPSA) is 30.7 Å². The van der Waals surface area contributed by atoms with Gasteiger partial charge in [0.1, 0.15) is 0 Å². The molecule has 0 N–H and O–H groups in total. The number of rotatable bonds is 5. The number of benzene rings is 3. The normalized spacial score (nSPS) is 15.0. The summed E-state index contributed by atoms with van der Waals surface area (Å²) in [6.45, 7) is 6.77. The molecular weight excluding hydrogens is 410 g/mol. The Kier molecular flexibility index (Phi) is 5.81. The van der Waals surface area contributed by atoms with Gasteiger partial charge in [0, 0.05) is 17.4 Å². The van der Waals surface area contributed by atoms with Crippen LogP contribution in [0.4, 0.5) is 0 Å². The highest BCUT2D eigenvalue weighted by Gasteiger charge is 2.25. The van der Waals surface area contributed by atoms with Crippen LogP contribution in [-0.2, 0) is 11.2 Å². The molecule has 0 radical (unpaired) electrons. The first-order chi connectivity index (χ1) is 15.5. The number of fused-ring (bicyclic) bond motifs is 1. The van der Waals surface area contributed by atoms with Crippen molar-refractivity contribution in [2.75, 3.05) is 0 Å². The van der Waals surface area contributed by atoms with E-state index in [2.05, 4.69) is 102 Å². The third-order valence-electron chi connectivity index (χ3n) is 6.60. The predicted octanol–water partition coefficient (Wildman–Crippen LogP) is 7.80. The molecule has 4 heteroatoms. The van der Waals surface area contributed by atoms with Crippen molar-refractivity contribution in [3.05, 3.63) is 77.9 Å². The summed E-state index contributed by atoms with van der Waals surface area (Å²) in [5.74, 6) is 1.91. The van der Waals surface area contributed by atoms with Gasteiger partial charge in [-0.3, -0.25) is 4.57 Å². The molecule has 1 aromatic heterocycles. The summed E-state index contributed by atoms with van der Waals surface area (Å²) in [7, 11) is 0. The Labute approximate surface area is 195 Å². The molecule has 0 atom stereocenters. The Bertz CT molecular complexity index is 1210. The third-order valence-corrected chi connectivity index (χ3v) is 7.59. The van der Waals surface area contributed by atoms with Crippen molar-refractivity contribution in [2.45, 2.75) is 68.8 Å². The Morgan fingerprint density at radius 3 is 2.34 bits per heavy atom. The minimum atomic E-state index is 0.150. The molecule has 1 saturated carbocycles. The van der Waals surface area contributed by atoms with Gasteiger partial charge in [0.2, 0.25) is 0 Å². The number of hydrogen-bond donors (Lipinski definition) is 0. The summed E-state index contributed by atoms with van der Waals surface area (Å²) >= 11 is 1.81. The van der Waals surface area contributed by atoms with Gasteiger partial charge < -0.3 is 0 Å². The van der Waals surface area contributed by atoms with Crippen LogP contribution in [0, 0.1) is 0 Å². The van der Waals surface area contributed by atoms with Crippen LogP contribution in [0.2, 0.25) is 0 Å². The summed E-state index contributed by atoms with van der Waals surface area (Å²) in [5.41, 5.74) is 4.01. The number of nitrogens with zero attached hydrogens (tertiary/aromatic N) is 3. The zero-order valence-corrected chi connectivity index (χ0v) is 20.0. The summed E-state index contributed by atoms with van der Waals surface area (Å²) in [5, 5.41) is 13.0. The average Bonchev–Trinajstić information content (AvgIpc) is 3.47. The van der Waals surface area contributed by atoms with Crippen LogP contribution in [-0.4, -0.2) is 14.8 Å². The smallest absolute Gasteiger partial charge is 0.192 e. The van der Waals surface area contributed by atoms with Crippen molar-refractivity contribution in [3.63, 3.8) is 0 Å². The van der Waals surface area contributed by atoms with Crippen LogP contribution in [0.3, 0.4) is 0 Å². The predicted molar refractivity (Wildman–Crippen MR) is 135 cm³/mol. The van der Waals surface area contributed by atoms with Crippen LogP contribution in [0.1, 0.15) is 63.6 Å². The molecule has 0 saturated heterocycles. The zero-order valence-electron chi connectivity index (χ0n) is 19.2. The van der Waals surface area contributed by atoms with Crippen LogP contribution in [0.25, 0.3) is 22.2 Å². The maximum Gasteiger partial charge on any atom is 0.192 e.